The van der Waals surface area contributed by atoms with Crippen LogP contribution in [0.1, 0.15) is 31.0 Å². The van der Waals surface area contributed by atoms with Gasteiger partial charge < -0.3 is 4.90 Å². The average Bonchev–Trinajstić information content (AvgIpc) is 2.70. The molecule has 0 fully saturated rings. The maximum Gasteiger partial charge on any atom is 0.248 e. The Kier molecular flexibility index (Phi) is 4.72. The van der Waals surface area contributed by atoms with Crippen LogP contribution in [0.15, 0.2) is 47.5 Å². The lowest BCUT2D eigenvalue weighted by atomic mass is 10.1. The molecule has 1 aromatic heterocycles. The Balaban J connectivity index is 2.12. The molecule has 0 saturated carbocycles. The lowest BCUT2D eigenvalue weighted by Gasteiger charge is -2.22. The molecular formula is C18H18ClN3O. The van der Waals surface area contributed by atoms with Crippen LogP contribution in [-0.2, 0) is 4.79 Å². The molecular weight excluding hydrogens is 310 g/mol. The van der Waals surface area contributed by atoms with Crippen molar-refractivity contribution >= 4 is 28.9 Å². The normalized spacial score (nSPS) is 14.3. The van der Waals surface area contributed by atoms with Crippen molar-refractivity contribution in [3.8, 4) is 0 Å². The molecule has 118 valence electrons. The highest BCUT2D eigenvalue weighted by molar-refractivity contribution is 6.30. The lowest BCUT2D eigenvalue weighted by Crippen LogP contribution is -2.33. The number of fused-ring (bicyclic) bond motifs is 1. The monoisotopic (exact) mass is 327 g/mol. The van der Waals surface area contributed by atoms with E-state index in [-0.39, 0.29) is 12.5 Å². The van der Waals surface area contributed by atoms with Crippen LogP contribution in [0.3, 0.4) is 0 Å². The molecule has 0 spiro atoms. The molecule has 5 heteroatoms. The van der Waals surface area contributed by atoms with E-state index in [0.717, 1.165) is 29.8 Å². The number of anilines is 1. The van der Waals surface area contributed by atoms with Gasteiger partial charge in [0.25, 0.3) is 0 Å². The Morgan fingerprint density at radius 1 is 1.17 bits per heavy atom. The summed E-state index contributed by atoms with van der Waals surface area (Å²) in [6.45, 7) is 2.90. The predicted molar refractivity (Wildman–Crippen MR) is 93.5 cm³/mol. The first kappa shape index (κ1) is 15.7. The summed E-state index contributed by atoms with van der Waals surface area (Å²) in [6.07, 6.45) is 1.96. The van der Waals surface area contributed by atoms with Crippen LogP contribution in [0.4, 0.5) is 5.69 Å². The zero-order valence-corrected chi connectivity index (χ0v) is 13.8. The van der Waals surface area contributed by atoms with Gasteiger partial charge in [0, 0.05) is 12.1 Å². The van der Waals surface area contributed by atoms with Crippen LogP contribution in [0.5, 0.6) is 0 Å². The van der Waals surface area contributed by atoms with Gasteiger partial charge >= 0.3 is 0 Å². The minimum Gasteiger partial charge on any atom is -0.309 e. The van der Waals surface area contributed by atoms with Gasteiger partial charge in [0.05, 0.1) is 11.4 Å². The highest BCUT2D eigenvalue weighted by Crippen LogP contribution is 2.27. The van der Waals surface area contributed by atoms with Crippen molar-refractivity contribution in [1.29, 1.82) is 0 Å². The summed E-state index contributed by atoms with van der Waals surface area (Å²) in [7, 11) is 0. The summed E-state index contributed by atoms with van der Waals surface area (Å²) in [5, 5.41) is 0.400. The number of pyridine rings is 1. The minimum atomic E-state index is -0.00486. The Hall–Kier alpha value is -2.20. The molecule has 23 heavy (non-hydrogen) atoms. The Bertz CT molecular complexity index is 743. The van der Waals surface area contributed by atoms with Crippen LogP contribution in [0, 0.1) is 0 Å². The van der Waals surface area contributed by atoms with Crippen molar-refractivity contribution in [3.63, 3.8) is 0 Å². The Labute approximate surface area is 140 Å². The summed E-state index contributed by atoms with van der Waals surface area (Å²) >= 11 is 6.10. The number of unbranched alkanes of at least 4 members (excludes halogenated alkanes) is 1. The molecule has 0 bridgehead atoms. The van der Waals surface area contributed by atoms with Gasteiger partial charge in [-0.1, -0.05) is 55.3 Å². The Morgan fingerprint density at radius 2 is 1.96 bits per heavy atom. The van der Waals surface area contributed by atoms with Crippen LogP contribution >= 0.6 is 11.6 Å². The second-order valence-corrected chi connectivity index (χ2v) is 5.82. The molecule has 1 aromatic carbocycles. The van der Waals surface area contributed by atoms with Crippen molar-refractivity contribution in [2.24, 2.45) is 4.99 Å². The summed E-state index contributed by atoms with van der Waals surface area (Å²) in [6, 6.07) is 13.4. The van der Waals surface area contributed by atoms with Gasteiger partial charge in [-0.3, -0.25) is 9.79 Å². The first-order chi connectivity index (χ1) is 11.2. The van der Waals surface area contributed by atoms with Crippen LogP contribution < -0.4 is 4.90 Å². The molecule has 1 aliphatic rings. The van der Waals surface area contributed by atoms with Crippen LogP contribution in [0.25, 0.3) is 0 Å². The second-order valence-electron chi connectivity index (χ2n) is 5.43. The van der Waals surface area contributed by atoms with E-state index >= 15 is 0 Å². The standard InChI is InChI=1S/C18H18ClN3O/c1-2-3-11-22-14-9-10-15(19)21-18(14)17(20-12-16(22)23)13-7-5-4-6-8-13/h4-10H,2-3,11-12H2,1H3. The second kappa shape index (κ2) is 6.92. The fourth-order valence-corrected chi connectivity index (χ4v) is 2.79. The maximum absolute atomic E-state index is 12.5. The third kappa shape index (κ3) is 3.27. The molecule has 2 heterocycles. The first-order valence-corrected chi connectivity index (χ1v) is 8.15. The fourth-order valence-electron chi connectivity index (χ4n) is 2.65. The highest BCUT2D eigenvalue weighted by Gasteiger charge is 2.26. The zero-order valence-electron chi connectivity index (χ0n) is 13.0. The molecule has 0 N–H and O–H groups in total. The summed E-state index contributed by atoms with van der Waals surface area (Å²) < 4.78 is 0. The van der Waals surface area contributed by atoms with Crippen molar-refractivity contribution < 1.29 is 4.79 Å². The van der Waals surface area contributed by atoms with Gasteiger partial charge in [-0.2, -0.15) is 0 Å². The number of rotatable bonds is 4. The van der Waals surface area contributed by atoms with E-state index in [1.165, 1.54) is 0 Å². The minimum absolute atomic E-state index is 0.00486. The molecule has 0 atom stereocenters. The third-order valence-electron chi connectivity index (χ3n) is 3.81. The Morgan fingerprint density at radius 3 is 2.70 bits per heavy atom. The number of halogens is 1. The van der Waals surface area contributed by atoms with Crippen molar-refractivity contribution in [3.05, 3.63) is 58.9 Å². The van der Waals surface area contributed by atoms with E-state index in [2.05, 4.69) is 16.9 Å². The van der Waals surface area contributed by atoms with Crippen LogP contribution in [0.2, 0.25) is 5.15 Å². The molecule has 0 aliphatic carbocycles. The molecule has 1 aliphatic heterocycles. The van der Waals surface area contributed by atoms with Gasteiger partial charge in [0.2, 0.25) is 5.91 Å². The average molecular weight is 328 g/mol. The van der Waals surface area contributed by atoms with Crippen molar-refractivity contribution in [1.82, 2.24) is 4.98 Å². The van der Waals surface area contributed by atoms with Gasteiger partial charge in [0.1, 0.15) is 17.4 Å². The van der Waals surface area contributed by atoms with E-state index in [0.29, 0.717) is 17.4 Å². The molecule has 0 radical (unpaired) electrons. The number of aromatic nitrogens is 1. The number of carbonyl (C=O) groups is 1. The SMILES string of the molecule is CCCCN1C(=O)CN=C(c2ccccc2)c2nc(Cl)ccc21. The van der Waals surface area contributed by atoms with E-state index in [9.17, 15) is 4.79 Å². The summed E-state index contributed by atoms with van der Waals surface area (Å²) in [5.41, 5.74) is 3.11. The van der Waals surface area contributed by atoms with Gasteiger partial charge in [-0.25, -0.2) is 4.98 Å². The van der Waals surface area contributed by atoms with Crippen molar-refractivity contribution in [2.75, 3.05) is 18.0 Å². The molecule has 0 unspecified atom stereocenters. The van der Waals surface area contributed by atoms with Gasteiger partial charge in [0.15, 0.2) is 0 Å². The van der Waals surface area contributed by atoms with E-state index in [1.807, 2.05) is 36.4 Å². The topological polar surface area (TPSA) is 45.6 Å². The molecule has 2 aromatic rings. The predicted octanol–water partition coefficient (Wildman–Crippen LogP) is 3.72. The van der Waals surface area contributed by atoms with E-state index in [4.69, 9.17) is 11.6 Å². The smallest absolute Gasteiger partial charge is 0.248 e. The number of benzene rings is 1. The van der Waals surface area contributed by atoms with E-state index < -0.39 is 0 Å². The van der Waals surface area contributed by atoms with Crippen LogP contribution in [-0.4, -0.2) is 29.7 Å². The summed E-state index contributed by atoms with van der Waals surface area (Å²) in [5.74, 6) is -0.00486. The quantitative estimate of drug-likeness (QED) is 0.803. The molecule has 0 saturated heterocycles. The largest absolute Gasteiger partial charge is 0.309 e. The maximum atomic E-state index is 12.5. The number of amides is 1. The molecule has 4 nitrogen and oxygen atoms in total. The highest BCUT2D eigenvalue weighted by atomic mass is 35.5. The van der Waals surface area contributed by atoms with Crippen molar-refractivity contribution in [2.45, 2.75) is 19.8 Å². The fraction of sp³-hybridized carbons (Fsp3) is 0.278. The van der Waals surface area contributed by atoms with Gasteiger partial charge in [-0.05, 0) is 18.6 Å². The zero-order chi connectivity index (χ0) is 16.2. The van der Waals surface area contributed by atoms with Gasteiger partial charge in [-0.15, -0.1) is 0 Å². The third-order valence-corrected chi connectivity index (χ3v) is 4.02. The number of carbonyl (C=O) groups excluding carboxylic acids is 1. The number of hydrogen-bond acceptors (Lipinski definition) is 3. The summed E-state index contributed by atoms with van der Waals surface area (Å²) in [4.78, 5) is 23.3. The molecule has 3 rings (SSSR count). The van der Waals surface area contributed by atoms with E-state index in [1.54, 1.807) is 11.0 Å². The number of aliphatic imine (C=N–C) groups is 1. The lowest BCUT2D eigenvalue weighted by molar-refractivity contribution is -0.117. The number of hydrogen-bond donors (Lipinski definition) is 0. The molecule has 1 amide bonds. The first-order valence-electron chi connectivity index (χ1n) is 7.78. The number of nitrogens with zero attached hydrogens (tertiary/aromatic N) is 3.